The standard InChI is InChI=1S/C19H23N3O4/c1-24-16-5-3-14(11-17(16)25-2)12-20-18-6-4-15(13-21-18)19(23)22-7-9-26-10-8-22/h3-6,11,13H,7-10,12H2,1-2H3,(H,20,21). The van der Waals surface area contributed by atoms with Crippen molar-refractivity contribution in [3.05, 3.63) is 47.7 Å². The number of pyridine rings is 1. The van der Waals surface area contributed by atoms with E-state index in [1.165, 1.54) is 0 Å². The van der Waals surface area contributed by atoms with Crippen LogP contribution in [0.4, 0.5) is 5.82 Å². The van der Waals surface area contributed by atoms with Gasteiger partial charge in [-0.25, -0.2) is 4.98 Å². The highest BCUT2D eigenvalue weighted by atomic mass is 16.5. The maximum atomic E-state index is 12.4. The molecule has 0 spiro atoms. The third-order valence-corrected chi connectivity index (χ3v) is 4.23. The number of nitrogens with zero attached hydrogens (tertiary/aromatic N) is 2. The third-order valence-electron chi connectivity index (χ3n) is 4.23. The van der Waals surface area contributed by atoms with E-state index in [-0.39, 0.29) is 5.91 Å². The molecular formula is C19H23N3O4. The molecule has 7 heteroatoms. The van der Waals surface area contributed by atoms with Gasteiger partial charge in [-0.05, 0) is 29.8 Å². The van der Waals surface area contributed by atoms with Crippen LogP contribution in [0.5, 0.6) is 11.5 Å². The van der Waals surface area contributed by atoms with Crippen molar-refractivity contribution in [2.45, 2.75) is 6.54 Å². The molecule has 0 bridgehead atoms. The van der Waals surface area contributed by atoms with Gasteiger partial charge >= 0.3 is 0 Å². The Hall–Kier alpha value is -2.80. The second-order valence-corrected chi connectivity index (χ2v) is 5.88. The van der Waals surface area contributed by atoms with Crippen molar-refractivity contribution in [3.8, 4) is 11.5 Å². The lowest BCUT2D eigenvalue weighted by Crippen LogP contribution is -2.40. The first-order valence-corrected chi connectivity index (χ1v) is 8.49. The fourth-order valence-electron chi connectivity index (χ4n) is 2.76. The minimum Gasteiger partial charge on any atom is -0.493 e. The molecular weight excluding hydrogens is 334 g/mol. The summed E-state index contributed by atoms with van der Waals surface area (Å²) in [6.45, 7) is 3.01. The minimum absolute atomic E-state index is 0.00718. The van der Waals surface area contributed by atoms with Crippen molar-refractivity contribution in [1.82, 2.24) is 9.88 Å². The van der Waals surface area contributed by atoms with E-state index >= 15 is 0 Å². The number of methoxy groups -OCH3 is 2. The Morgan fingerprint density at radius 3 is 2.58 bits per heavy atom. The van der Waals surface area contributed by atoms with E-state index < -0.39 is 0 Å². The first-order valence-electron chi connectivity index (χ1n) is 8.49. The Morgan fingerprint density at radius 1 is 1.15 bits per heavy atom. The van der Waals surface area contributed by atoms with Gasteiger partial charge in [-0.3, -0.25) is 4.79 Å². The van der Waals surface area contributed by atoms with E-state index in [1.54, 1.807) is 31.4 Å². The summed E-state index contributed by atoms with van der Waals surface area (Å²) >= 11 is 0. The molecule has 0 saturated carbocycles. The Labute approximate surface area is 152 Å². The monoisotopic (exact) mass is 357 g/mol. The maximum Gasteiger partial charge on any atom is 0.255 e. The van der Waals surface area contributed by atoms with Crippen molar-refractivity contribution in [2.75, 3.05) is 45.8 Å². The Morgan fingerprint density at radius 2 is 1.92 bits per heavy atom. The van der Waals surface area contributed by atoms with Crippen LogP contribution in [-0.2, 0) is 11.3 Å². The fourth-order valence-corrected chi connectivity index (χ4v) is 2.76. The SMILES string of the molecule is COc1ccc(CNc2ccc(C(=O)N3CCOCC3)cn2)cc1OC. The molecule has 1 N–H and O–H groups in total. The minimum atomic E-state index is -0.00718. The third kappa shape index (κ3) is 4.23. The molecule has 1 aliphatic rings. The van der Waals surface area contributed by atoms with Crippen molar-refractivity contribution in [2.24, 2.45) is 0 Å². The van der Waals surface area contributed by atoms with Crippen LogP contribution in [0.3, 0.4) is 0 Å². The lowest BCUT2D eigenvalue weighted by atomic mass is 10.2. The summed E-state index contributed by atoms with van der Waals surface area (Å²) in [5.74, 6) is 2.08. The van der Waals surface area contributed by atoms with Crippen LogP contribution >= 0.6 is 0 Å². The largest absolute Gasteiger partial charge is 0.493 e. The summed E-state index contributed by atoms with van der Waals surface area (Å²) < 4.78 is 15.8. The predicted molar refractivity (Wildman–Crippen MR) is 97.8 cm³/mol. The fraction of sp³-hybridized carbons (Fsp3) is 0.368. The molecule has 0 atom stereocenters. The highest BCUT2D eigenvalue weighted by molar-refractivity contribution is 5.94. The molecule has 26 heavy (non-hydrogen) atoms. The van der Waals surface area contributed by atoms with E-state index in [9.17, 15) is 4.79 Å². The lowest BCUT2D eigenvalue weighted by molar-refractivity contribution is 0.0302. The summed E-state index contributed by atoms with van der Waals surface area (Å²) in [7, 11) is 3.22. The number of anilines is 1. The van der Waals surface area contributed by atoms with Crippen molar-refractivity contribution in [1.29, 1.82) is 0 Å². The van der Waals surface area contributed by atoms with Crippen LogP contribution in [-0.4, -0.2) is 56.3 Å². The number of benzene rings is 1. The normalized spacial score (nSPS) is 14.0. The lowest BCUT2D eigenvalue weighted by Gasteiger charge is -2.26. The molecule has 0 unspecified atom stereocenters. The van der Waals surface area contributed by atoms with Gasteiger partial charge in [-0.2, -0.15) is 0 Å². The summed E-state index contributed by atoms with van der Waals surface area (Å²) in [4.78, 5) is 18.5. The number of morpholine rings is 1. The summed E-state index contributed by atoms with van der Waals surface area (Å²) in [5.41, 5.74) is 1.63. The van der Waals surface area contributed by atoms with Gasteiger partial charge < -0.3 is 24.4 Å². The number of amides is 1. The van der Waals surface area contributed by atoms with Crippen molar-refractivity contribution >= 4 is 11.7 Å². The zero-order valence-electron chi connectivity index (χ0n) is 15.0. The highest BCUT2D eigenvalue weighted by Gasteiger charge is 2.18. The summed E-state index contributed by atoms with van der Waals surface area (Å²) in [6.07, 6.45) is 1.61. The van der Waals surface area contributed by atoms with E-state index in [2.05, 4.69) is 10.3 Å². The van der Waals surface area contributed by atoms with Crippen LogP contribution < -0.4 is 14.8 Å². The van der Waals surface area contributed by atoms with Crippen molar-refractivity contribution < 1.29 is 19.0 Å². The van der Waals surface area contributed by atoms with Crippen LogP contribution in [0, 0.1) is 0 Å². The maximum absolute atomic E-state index is 12.4. The van der Waals surface area contributed by atoms with Gasteiger partial charge in [0, 0.05) is 25.8 Å². The summed E-state index contributed by atoms with van der Waals surface area (Å²) in [6, 6.07) is 9.36. The molecule has 0 aliphatic carbocycles. The molecule has 2 aromatic rings. The number of hydrogen-bond donors (Lipinski definition) is 1. The van der Waals surface area contributed by atoms with Gasteiger partial charge in [-0.1, -0.05) is 6.07 Å². The van der Waals surface area contributed by atoms with Crippen LogP contribution in [0.2, 0.25) is 0 Å². The molecule has 1 fully saturated rings. The van der Waals surface area contributed by atoms with Gasteiger partial charge in [0.15, 0.2) is 11.5 Å². The Bertz CT molecular complexity index is 743. The number of nitrogens with one attached hydrogen (secondary N) is 1. The van der Waals surface area contributed by atoms with E-state index in [0.717, 1.165) is 5.56 Å². The predicted octanol–water partition coefficient (Wildman–Crippen LogP) is 2.18. The number of hydrogen-bond acceptors (Lipinski definition) is 6. The highest BCUT2D eigenvalue weighted by Crippen LogP contribution is 2.27. The zero-order chi connectivity index (χ0) is 18.4. The molecule has 1 aliphatic heterocycles. The van der Waals surface area contributed by atoms with Gasteiger partial charge in [0.25, 0.3) is 5.91 Å². The van der Waals surface area contributed by atoms with Crippen LogP contribution in [0.25, 0.3) is 0 Å². The average Bonchev–Trinajstić information content (AvgIpc) is 2.72. The topological polar surface area (TPSA) is 72.9 Å². The number of ether oxygens (including phenoxy) is 3. The number of carbonyl (C=O) groups is 1. The Balaban J connectivity index is 1.60. The first-order chi connectivity index (χ1) is 12.7. The molecule has 3 rings (SSSR count). The van der Waals surface area contributed by atoms with E-state index in [4.69, 9.17) is 14.2 Å². The Kier molecular flexibility index (Phi) is 5.91. The van der Waals surface area contributed by atoms with Gasteiger partial charge in [0.2, 0.25) is 0 Å². The molecule has 138 valence electrons. The molecule has 1 amide bonds. The smallest absolute Gasteiger partial charge is 0.255 e. The molecule has 2 heterocycles. The van der Waals surface area contributed by atoms with Crippen LogP contribution in [0.1, 0.15) is 15.9 Å². The average molecular weight is 357 g/mol. The second kappa shape index (κ2) is 8.53. The molecule has 1 aromatic heterocycles. The van der Waals surface area contributed by atoms with E-state index in [1.807, 2.05) is 24.3 Å². The second-order valence-electron chi connectivity index (χ2n) is 5.88. The van der Waals surface area contributed by atoms with Gasteiger partial charge in [0.1, 0.15) is 5.82 Å². The van der Waals surface area contributed by atoms with E-state index in [0.29, 0.717) is 55.7 Å². The van der Waals surface area contributed by atoms with Crippen LogP contribution in [0.15, 0.2) is 36.5 Å². The molecule has 7 nitrogen and oxygen atoms in total. The quantitative estimate of drug-likeness (QED) is 0.854. The molecule has 1 aromatic carbocycles. The summed E-state index contributed by atoms with van der Waals surface area (Å²) in [5, 5.41) is 3.24. The first kappa shape index (κ1) is 18.0. The number of carbonyl (C=O) groups excluding carboxylic acids is 1. The zero-order valence-corrected chi connectivity index (χ0v) is 15.0. The van der Waals surface area contributed by atoms with Crippen molar-refractivity contribution in [3.63, 3.8) is 0 Å². The molecule has 1 saturated heterocycles. The number of rotatable bonds is 6. The van der Waals surface area contributed by atoms with Gasteiger partial charge in [-0.15, -0.1) is 0 Å². The number of aromatic nitrogens is 1. The van der Waals surface area contributed by atoms with Gasteiger partial charge in [0.05, 0.1) is 33.0 Å². The molecule has 0 radical (unpaired) electrons.